The molecule has 6 nitrogen and oxygen atoms in total. The summed E-state index contributed by atoms with van der Waals surface area (Å²) in [7, 11) is -3.83. The van der Waals surface area contributed by atoms with Gasteiger partial charge >= 0.3 is 0 Å². The van der Waals surface area contributed by atoms with Crippen molar-refractivity contribution in [3.05, 3.63) is 88.0 Å². The van der Waals surface area contributed by atoms with Gasteiger partial charge in [0.2, 0.25) is 0 Å². The van der Waals surface area contributed by atoms with Gasteiger partial charge in [-0.25, -0.2) is 8.42 Å². The number of nitrogens with one attached hydrogen (secondary N) is 2. The molecule has 2 N–H and O–H groups in total. The van der Waals surface area contributed by atoms with Crippen molar-refractivity contribution in [2.24, 2.45) is 0 Å². The summed E-state index contributed by atoms with van der Waals surface area (Å²) in [6, 6.07) is 17.6. The van der Waals surface area contributed by atoms with Crippen molar-refractivity contribution in [2.45, 2.75) is 39.0 Å². The molecular weight excluding hydrogens is 422 g/mol. The van der Waals surface area contributed by atoms with Crippen LogP contribution >= 0.6 is 0 Å². The highest BCUT2D eigenvalue weighted by Crippen LogP contribution is 2.26. The lowest BCUT2D eigenvalue weighted by molar-refractivity contribution is 0.102. The predicted molar refractivity (Wildman–Crippen MR) is 126 cm³/mol. The Morgan fingerprint density at radius 1 is 0.906 bits per heavy atom. The summed E-state index contributed by atoms with van der Waals surface area (Å²) in [6.45, 7) is 7.25. The van der Waals surface area contributed by atoms with Crippen LogP contribution < -0.4 is 10.0 Å². The van der Waals surface area contributed by atoms with Gasteiger partial charge in [0.1, 0.15) is 0 Å². The lowest BCUT2D eigenvalue weighted by Gasteiger charge is -2.16. The SMILES string of the molecule is Cc1cc(C)c(S(=O)(=O)Nc2cc(C(=O)Nc3ccc(CC#N)cc3)ccc2C)c(C)c1. The Balaban J connectivity index is 1.85. The highest BCUT2D eigenvalue weighted by atomic mass is 32.2. The van der Waals surface area contributed by atoms with E-state index in [1.807, 2.05) is 19.1 Å². The molecule has 7 heteroatoms. The summed E-state index contributed by atoms with van der Waals surface area (Å²) < 4.78 is 28.9. The first-order valence-corrected chi connectivity index (χ1v) is 11.6. The van der Waals surface area contributed by atoms with Crippen LogP contribution in [0.5, 0.6) is 0 Å². The van der Waals surface area contributed by atoms with Crippen LogP contribution in [0, 0.1) is 39.0 Å². The first-order chi connectivity index (χ1) is 15.1. The Morgan fingerprint density at radius 3 is 2.12 bits per heavy atom. The van der Waals surface area contributed by atoms with Crippen molar-refractivity contribution in [1.29, 1.82) is 5.26 Å². The van der Waals surface area contributed by atoms with Crippen molar-refractivity contribution in [1.82, 2.24) is 0 Å². The Hall–Kier alpha value is -3.63. The number of benzene rings is 3. The molecule has 0 aliphatic heterocycles. The molecule has 0 aromatic heterocycles. The van der Waals surface area contributed by atoms with E-state index in [-0.39, 0.29) is 10.8 Å². The molecule has 1 amide bonds. The third kappa shape index (κ3) is 5.16. The number of hydrogen-bond acceptors (Lipinski definition) is 4. The van der Waals surface area contributed by atoms with E-state index in [2.05, 4.69) is 16.1 Å². The van der Waals surface area contributed by atoms with Crippen LogP contribution in [0.3, 0.4) is 0 Å². The molecule has 3 rings (SSSR count). The fourth-order valence-electron chi connectivity index (χ4n) is 3.66. The molecule has 3 aromatic carbocycles. The van der Waals surface area contributed by atoms with Gasteiger partial charge in [-0.05, 0) is 74.2 Å². The lowest BCUT2D eigenvalue weighted by Crippen LogP contribution is -2.18. The number of rotatable bonds is 6. The van der Waals surface area contributed by atoms with Gasteiger partial charge in [-0.15, -0.1) is 0 Å². The largest absolute Gasteiger partial charge is 0.322 e. The minimum Gasteiger partial charge on any atom is -0.322 e. The number of nitriles is 1. The topological polar surface area (TPSA) is 99.1 Å². The van der Waals surface area contributed by atoms with E-state index in [9.17, 15) is 13.2 Å². The van der Waals surface area contributed by atoms with Gasteiger partial charge in [-0.2, -0.15) is 5.26 Å². The van der Waals surface area contributed by atoms with Gasteiger partial charge in [0.15, 0.2) is 0 Å². The maximum absolute atomic E-state index is 13.1. The normalized spacial score (nSPS) is 11.0. The van der Waals surface area contributed by atoms with Gasteiger partial charge < -0.3 is 5.32 Å². The summed E-state index contributed by atoms with van der Waals surface area (Å²) in [6.07, 6.45) is 0.301. The van der Waals surface area contributed by atoms with E-state index in [0.29, 0.717) is 40.0 Å². The summed E-state index contributed by atoms with van der Waals surface area (Å²) in [5, 5.41) is 11.6. The van der Waals surface area contributed by atoms with Crippen LogP contribution in [0.2, 0.25) is 0 Å². The number of nitrogens with zero attached hydrogens (tertiary/aromatic N) is 1. The second-order valence-corrected chi connectivity index (χ2v) is 9.47. The van der Waals surface area contributed by atoms with E-state index in [1.54, 1.807) is 57.2 Å². The Morgan fingerprint density at radius 2 is 1.53 bits per heavy atom. The number of carbonyl (C=O) groups excluding carboxylic acids is 1. The van der Waals surface area contributed by atoms with E-state index in [0.717, 1.165) is 11.1 Å². The smallest absolute Gasteiger partial charge is 0.262 e. The van der Waals surface area contributed by atoms with Crippen molar-refractivity contribution < 1.29 is 13.2 Å². The molecule has 0 atom stereocenters. The third-order valence-corrected chi connectivity index (χ3v) is 6.78. The number of anilines is 2. The van der Waals surface area contributed by atoms with Gasteiger partial charge in [0.25, 0.3) is 15.9 Å². The molecule has 3 aromatic rings. The lowest BCUT2D eigenvalue weighted by atomic mass is 10.1. The quantitative estimate of drug-likeness (QED) is 0.553. The average molecular weight is 448 g/mol. The molecule has 164 valence electrons. The maximum atomic E-state index is 13.1. The number of sulfonamides is 1. The molecular formula is C25H25N3O3S. The molecule has 0 spiro atoms. The van der Waals surface area contributed by atoms with Crippen LogP contribution in [0.15, 0.2) is 59.5 Å². The number of amides is 1. The fraction of sp³-hybridized carbons (Fsp3) is 0.200. The summed E-state index contributed by atoms with van der Waals surface area (Å²) in [5.74, 6) is -0.360. The second-order valence-electron chi connectivity index (χ2n) is 7.85. The van der Waals surface area contributed by atoms with Gasteiger partial charge in [-0.3, -0.25) is 9.52 Å². The van der Waals surface area contributed by atoms with E-state index in [1.165, 1.54) is 6.07 Å². The van der Waals surface area contributed by atoms with Crippen LogP contribution in [0.4, 0.5) is 11.4 Å². The monoisotopic (exact) mass is 447 g/mol. The van der Waals surface area contributed by atoms with Crippen LogP contribution in [-0.2, 0) is 16.4 Å². The Bertz CT molecular complexity index is 1300. The average Bonchev–Trinajstić information content (AvgIpc) is 2.70. The van der Waals surface area contributed by atoms with Gasteiger partial charge in [-0.1, -0.05) is 35.9 Å². The highest BCUT2D eigenvalue weighted by molar-refractivity contribution is 7.92. The van der Waals surface area contributed by atoms with E-state index in [4.69, 9.17) is 5.26 Å². The molecule has 0 aliphatic rings. The van der Waals surface area contributed by atoms with Crippen molar-refractivity contribution >= 4 is 27.3 Å². The van der Waals surface area contributed by atoms with Crippen molar-refractivity contribution in [3.8, 4) is 6.07 Å². The minimum absolute atomic E-state index is 0.245. The Kier molecular flexibility index (Phi) is 6.66. The van der Waals surface area contributed by atoms with Gasteiger partial charge in [0.05, 0.1) is 23.1 Å². The molecule has 0 saturated heterocycles. The zero-order chi connectivity index (χ0) is 23.5. The number of carbonyl (C=O) groups is 1. The summed E-state index contributed by atoms with van der Waals surface area (Å²) >= 11 is 0. The molecule has 0 aliphatic carbocycles. The number of hydrogen-bond donors (Lipinski definition) is 2. The summed E-state index contributed by atoms with van der Waals surface area (Å²) in [4.78, 5) is 13.0. The van der Waals surface area contributed by atoms with Crippen LogP contribution in [-0.4, -0.2) is 14.3 Å². The number of aryl methyl sites for hydroxylation is 4. The molecule has 32 heavy (non-hydrogen) atoms. The molecule has 0 bridgehead atoms. The van der Waals surface area contributed by atoms with Gasteiger partial charge in [0, 0.05) is 11.3 Å². The zero-order valence-electron chi connectivity index (χ0n) is 18.5. The molecule has 0 fully saturated rings. The third-order valence-electron chi connectivity index (χ3n) is 5.11. The van der Waals surface area contributed by atoms with Crippen molar-refractivity contribution in [3.63, 3.8) is 0 Å². The fourth-order valence-corrected chi connectivity index (χ4v) is 5.24. The predicted octanol–water partition coefficient (Wildman–Crippen LogP) is 5.04. The first-order valence-electron chi connectivity index (χ1n) is 10.1. The molecule has 0 radical (unpaired) electrons. The van der Waals surface area contributed by atoms with E-state index < -0.39 is 10.0 Å². The zero-order valence-corrected chi connectivity index (χ0v) is 19.3. The molecule has 0 saturated carbocycles. The van der Waals surface area contributed by atoms with Crippen LogP contribution in [0.1, 0.15) is 38.2 Å². The van der Waals surface area contributed by atoms with E-state index >= 15 is 0 Å². The summed E-state index contributed by atoms with van der Waals surface area (Å²) in [5.41, 5.74) is 5.16. The maximum Gasteiger partial charge on any atom is 0.262 e. The first kappa shape index (κ1) is 23.0. The molecule has 0 unspecified atom stereocenters. The molecule has 0 heterocycles. The highest BCUT2D eigenvalue weighted by Gasteiger charge is 2.21. The standard InChI is InChI=1S/C25H25N3O3S/c1-16-13-18(3)24(19(4)14-16)32(30,31)28-23-15-21(8-5-17(23)2)25(29)27-22-9-6-20(7-10-22)11-12-26/h5-10,13-15,28H,11H2,1-4H3,(H,27,29). The van der Waals surface area contributed by atoms with Crippen LogP contribution in [0.25, 0.3) is 0 Å². The Labute approximate surface area is 189 Å². The minimum atomic E-state index is -3.83. The van der Waals surface area contributed by atoms with Crippen molar-refractivity contribution in [2.75, 3.05) is 10.0 Å². The second kappa shape index (κ2) is 9.25.